The zero-order valence-corrected chi connectivity index (χ0v) is 18.4. The molecule has 0 aliphatic carbocycles. The smallest absolute Gasteiger partial charge is 0.286 e. The third-order valence-electron chi connectivity index (χ3n) is 4.93. The van der Waals surface area contributed by atoms with Crippen LogP contribution in [-0.4, -0.2) is 40.1 Å². The molecule has 7 nitrogen and oxygen atoms in total. The van der Waals surface area contributed by atoms with Crippen molar-refractivity contribution in [3.05, 3.63) is 69.1 Å². The minimum Gasteiger partial charge on any atom is -0.494 e. The summed E-state index contributed by atoms with van der Waals surface area (Å²) in [4.78, 5) is 27.4. The van der Waals surface area contributed by atoms with E-state index in [4.69, 9.17) is 16.3 Å². The molecule has 1 aliphatic rings. The van der Waals surface area contributed by atoms with Gasteiger partial charge in [-0.25, -0.2) is 0 Å². The van der Waals surface area contributed by atoms with Crippen LogP contribution >= 0.6 is 22.9 Å². The topological polar surface area (TPSA) is 84.4 Å². The fourth-order valence-corrected chi connectivity index (χ4v) is 4.58. The molecular weight excluding hydrogens is 436 g/mol. The van der Waals surface area contributed by atoms with E-state index in [1.165, 1.54) is 11.3 Å². The molecule has 1 fully saturated rings. The number of nitrogens with one attached hydrogen (secondary N) is 1. The van der Waals surface area contributed by atoms with Crippen molar-refractivity contribution in [2.24, 2.45) is 0 Å². The standard InChI is InChI=1S/C22H21ClN4O3S/c1-2-30-17-10-8-14(9-11-17)22(29)27-12-4-7-18(27)20-25-26-21(31-20)19(28)24-16-6-3-5-15(23)13-16/h3,5-6,8-11,13,18H,2,4,7,12H2,1H3,(H,24,28)/t18-/m0/s1. The number of ether oxygens (including phenoxy) is 1. The Hall–Kier alpha value is -2.97. The Balaban J connectivity index is 1.47. The highest BCUT2D eigenvalue weighted by Gasteiger charge is 2.33. The minimum absolute atomic E-state index is 0.0642. The van der Waals surface area contributed by atoms with Gasteiger partial charge in [-0.05, 0) is 62.2 Å². The maximum atomic E-state index is 13.1. The normalized spacial score (nSPS) is 15.7. The van der Waals surface area contributed by atoms with E-state index >= 15 is 0 Å². The molecule has 4 rings (SSSR count). The number of carbonyl (C=O) groups excluding carboxylic acids is 2. The molecule has 0 saturated carbocycles. The number of likely N-dealkylation sites (tertiary alicyclic amines) is 1. The Kier molecular flexibility index (Phi) is 6.48. The van der Waals surface area contributed by atoms with Crippen molar-refractivity contribution in [1.82, 2.24) is 15.1 Å². The second-order valence-corrected chi connectivity index (χ2v) is 8.47. The lowest BCUT2D eigenvalue weighted by atomic mass is 10.1. The lowest BCUT2D eigenvalue weighted by molar-refractivity contribution is 0.0735. The maximum absolute atomic E-state index is 13.1. The van der Waals surface area contributed by atoms with Crippen molar-refractivity contribution in [2.45, 2.75) is 25.8 Å². The summed E-state index contributed by atoms with van der Waals surface area (Å²) >= 11 is 7.17. The Labute approximate surface area is 189 Å². The van der Waals surface area contributed by atoms with Gasteiger partial charge in [-0.3, -0.25) is 9.59 Å². The molecule has 1 aromatic heterocycles. The summed E-state index contributed by atoms with van der Waals surface area (Å²) in [6, 6.07) is 13.8. The predicted molar refractivity (Wildman–Crippen MR) is 120 cm³/mol. The summed E-state index contributed by atoms with van der Waals surface area (Å²) in [5.41, 5.74) is 1.18. The van der Waals surface area contributed by atoms with E-state index in [1.807, 2.05) is 6.92 Å². The Bertz CT molecular complexity index is 1090. The number of carbonyl (C=O) groups is 2. The molecular formula is C22H21ClN4O3S. The Morgan fingerprint density at radius 3 is 2.77 bits per heavy atom. The van der Waals surface area contributed by atoms with Gasteiger partial charge in [0.1, 0.15) is 10.8 Å². The van der Waals surface area contributed by atoms with E-state index in [2.05, 4.69) is 15.5 Å². The second-order valence-electron chi connectivity index (χ2n) is 7.02. The molecule has 3 aromatic rings. The van der Waals surface area contributed by atoms with Crippen LogP contribution in [0.25, 0.3) is 0 Å². The van der Waals surface area contributed by atoms with Gasteiger partial charge < -0.3 is 15.0 Å². The maximum Gasteiger partial charge on any atom is 0.286 e. The summed E-state index contributed by atoms with van der Waals surface area (Å²) in [6.07, 6.45) is 1.66. The van der Waals surface area contributed by atoms with Crippen LogP contribution in [0, 0.1) is 0 Å². The molecule has 0 unspecified atom stereocenters. The van der Waals surface area contributed by atoms with Gasteiger partial charge in [0.2, 0.25) is 5.01 Å². The first-order valence-corrected chi connectivity index (χ1v) is 11.2. The van der Waals surface area contributed by atoms with Crippen molar-refractivity contribution < 1.29 is 14.3 Å². The van der Waals surface area contributed by atoms with Crippen LogP contribution in [0.4, 0.5) is 5.69 Å². The van der Waals surface area contributed by atoms with Crippen LogP contribution < -0.4 is 10.1 Å². The lowest BCUT2D eigenvalue weighted by Crippen LogP contribution is -2.30. The quantitative estimate of drug-likeness (QED) is 0.574. The first kappa shape index (κ1) is 21.3. The molecule has 9 heteroatoms. The second kappa shape index (κ2) is 9.45. The average molecular weight is 457 g/mol. The molecule has 160 valence electrons. The minimum atomic E-state index is -0.353. The summed E-state index contributed by atoms with van der Waals surface area (Å²) < 4.78 is 5.44. The van der Waals surface area contributed by atoms with Crippen molar-refractivity contribution in [2.75, 3.05) is 18.5 Å². The van der Waals surface area contributed by atoms with E-state index in [-0.39, 0.29) is 22.9 Å². The van der Waals surface area contributed by atoms with Crippen molar-refractivity contribution in [3.63, 3.8) is 0 Å². The molecule has 0 bridgehead atoms. The number of nitrogens with zero attached hydrogens (tertiary/aromatic N) is 3. The number of aromatic nitrogens is 2. The first-order valence-electron chi connectivity index (χ1n) is 9.99. The van der Waals surface area contributed by atoms with Crippen molar-refractivity contribution in [3.8, 4) is 5.75 Å². The highest BCUT2D eigenvalue weighted by Crippen LogP contribution is 2.35. The number of benzene rings is 2. The molecule has 2 aromatic carbocycles. The molecule has 0 radical (unpaired) electrons. The Morgan fingerprint density at radius 1 is 1.23 bits per heavy atom. The third kappa shape index (κ3) is 4.86. The number of hydrogen-bond donors (Lipinski definition) is 1. The lowest BCUT2D eigenvalue weighted by Gasteiger charge is -2.22. The molecule has 1 N–H and O–H groups in total. The molecule has 1 saturated heterocycles. The fourth-order valence-electron chi connectivity index (χ4n) is 3.50. The van der Waals surface area contributed by atoms with Crippen LogP contribution in [0.5, 0.6) is 5.75 Å². The number of halogens is 1. The van der Waals surface area contributed by atoms with Gasteiger partial charge >= 0.3 is 0 Å². The SMILES string of the molecule is CCOc1ccc(C(=O)N2CCC[C@H]2c2nnc(C(=O)Nc3cccc(Cl)c3)s2)cc1. The third-order valence-corrected chi connectivity index (χ3v) is 6.19. The van der Waals surface area contributed by atoms with Crippen LogP contribution in [-0.2, 0) is 0 Å². The van der Waals surface area contributed by atoms with E-state index in [0.717, 1.165) is 18.6 Å². The van der Waals surface area contributed by atoms with E-state index in [0.29, 0.717) is 34.4 Å². The van der Waals surface area contributed by atoms with Crippen molar-refractivity contribution >= 4 is 40.4 Å². The number of hydrogen-bond acceptors (Lipinski definition) is 6. The van der Waals surface area contributed by atoms with Crippen LogP contribution in [0.2, 0.25) is 5.02 Å². The molecule has 0 spiro atoms. The fraction of sp³-hybridized carbons (Fsp3) is 0.273. The zero-order valence-electron chi connectivity index (χ0n) is 16.9. The molecule has 1 aliphatic heterocycles. The largest absolute Gasteiger partial charge is 0.494 e. The van der Waals surface area contributed by atoms with Gasteiger partial charge in [-0.15, -0.1) is 10.2 Å². The molecule has 31 heavy (non-hydrogen) atoms. The molecule has 2 amide bonds. The first-order chi connectivity index (χ1) is 15.0. The predicted octanol–water partition coefficient (Wildman–Crippen LogP) is 4.82. The van der Waals surface area contributed by atoms with E-state index in [1.54, 1.807) is 53.4 Å². The highest BCUT2D eigenvalue weighted by molar-refractivity contribution is 7.13. The van der Waals surface area contributed by atoms with Crippen molar-refractivity contribution in [1.29, 1.82) is 0 Å². The highest BCUT2D eigenvalue weighted by atomic mass is 35.5. The van der Waals surface area contributed by atoms with Gasteiger partial charge in [0.25, 0.3) is 11.8 Å². The summed E-state index contributed by atoms with van der Waals surface area (Å²) in [5.74, 6) is 0.315. The monoisotopic (exact) mass is 456 g/mol. The average Bonchev–Trinajstić information content (AvgIpc) is 3.44. The van der Waals surface area contributed by atoms with Gasteiger partial charge in [0, 0.05) is 22.8 Å². The summed E-state index contributed by atoms with van der Waals surface area (Å²) in [7, 11) is 0. The van der Waals surface area contributed by atoms with E-state index < -0.39 is 0 Å². The van der Waals surface area contributed by atoms with Gasteiger partial charge in [-0.2, -0.15) is 0 Å². The van der Waals surface area contributed by atoms with Crippen LogP contribution in [0.15, 0.2) is 48.5 Å². The Morgan fingerprint density at radius 2 is 2.03 bits per heavy atom. The van der Waals surface area contributed by atoms with Gasteiger partial charge in [-0.1, -0.05) is 29.0 Å². The molecule has 1 atom stereocenters. The number of rotatable bonds is 6. The van der Waals surface area contributed by atoms with Crippen LogP contribution in [0.1, 0.15) is 51.0 Å². The van der Waals surface area contributed by atoms with Crippen LogP contribution in [0.3, 0.4) is 0 Å². The van der Waals surface area contributed by atoms with E-state index in [9.17, 15) is 9.59 Å². The summed E-state index contributed by atoms with van der Waals surface area (Å²) in [5, 5.41) is 12.5. The van der Waals surface area contributed by atoms with Gasteiger partial charge in [0.15, 0.2) is 0 Å². The summed E-state index contributed by atoms with van der Waals surface area (Å²) in [6.45, 7) is 3.13. The zero-order chi connectivity index (χ0) is 21.8. The van der Waals surface area contributed by atoms with Gasteiger partial charge in [0.05, 0.1) is 12.6 Å². The molecule has 2 heterocycles. The number of anilines is 1. The number of amides is 2.